The van der Waals surface area contributed by atoms with Gasteiger partial charge in [0.2, 0.25) is 5.78 Å². The van der Waals surface area contributed by atoms with Gasteiger partial charge in [-0.3, -0.25) is 9.59 Å². The highest BCUT2D eigenvalue weighted by molar-refractivity contribution is 7.12. The number of hydrogen-bond acceptors (Lipinski definition) is 5. The van der Waals surface area contributed by atoms with Gasteiger partial charge in [0.1, 0.15) is 13.1 Å². The zero-order chi connectivity index (χ0) is 23.1. The summed E-state index contributed by atoms with van der Waals surface area (Å²) >= 11 is 1.51. The van der Waals surface area contributed by atoms with Crippen LogP contribution in [0.2, 0.25) is 0 Å². The lowest BCUT2D eigenvalue weighted by Gasteiger charge is -2.51. The molecule has 6 rings (SSSR count). The van der Waals surface area contributed by atoms with E-state index < -0.39 is 0 Å². The Morgan fingerprint density at radius 1 is 1.00 bits per heavy atom. The monoisotopic (exact) mass is 504 g/mol. The van der Waals surface area contributed by atoms with Crippen LogP contribution < -0.4 is 17.7 Å². The van der Waals surface area contributed by atoms with E-state index >= 15 is 0 Å². The van der Waals surface area contributed by atoms with Crippen molar-refractivity contribution in [3.05, 3.63) is 52.7 Å². The number of carbonyl (C=O) groups excluding carboxylic acids is 2. The third-order valence-corrected chi connectivity index (χ3v) is 8.29. The highest BCUT2D eigenvalue weighted by atomic mass is 35.5. The molecule has 1 aromatic heterocycles. The zero-order valence-electron chi connectivity index (χ0n) is 20.1. The molecule has 3 saturated heterocycles. The van der Waals surface area contributed by atoms with Crippen LogP contribution in [0.25, 0.3) is 0 Å². The summed E-state index contributed by atoms with van der Waals surface area (Å²) in [6.07, 6.45) is 9.03. The lowest BCUT2D eigenvalue weighted by atomic mass is 9.83. The van der Waals surface area contributed by atoms with E-state index in [0.717, 1.165) is 47.9 Å². The second kappa shape index (κ2) is 12.7. The number of nitrogens with one attached hydrogen (secondary N) is 1. The third-order valence-electron chi connectivity index (χ3n) is 7.38. The first-order chi connectivity index (χ1) is 16.0. The highest BCUT2D eigenvalue weighted by Gasteiger charge is 2.48. The van der Waals surface area contributed by atoms with Gasteiger partial charge >= 0.3 is 5.97 Å². The molecule has 4 heterocycles. The number of anilines is 1. The van der Waals surface area contributed by atoms with Gasteiger partial charge in [-0.25, -0.2) is 0 Å². The normalized spacial score (nSPS) is 25.9. The van der Waals surface area contributed by atoms with Gasteiger partial charge in [0.05, 0.1) is 18.0 Å². The van der Waals surface area contributed by atoms with Crippen LogP contribution >= 0.6 is 11.3 Å². The molecule has 34 heavy (non-hydrogen) atoms. The standard InChI is InChI=1S/C15H20NO3S.C12H17N.ClH/c1-11(17)19-14-10-16(6-4-12(14)5-7-16)9-13(18)15-3-2-8-20-15;1-3-7-11(8-4-1)13-12-9-5-2-6-10-12;/h2-3,8,12,14H,4-7,9-10H2,1H3;1,3-4,7-8,12-13H,2,5-6,9-10H2;1H/q+1;;/p-1. The van der Waals surface area contributed by atoms with Gasteiger partial charge in [-0.2, -0.15) is 0 Å². The predicted molar refractivity (Wildman–Crippen MR) is 134 cm³/mol. The summed E-state index contributed by atoms with van der Waals surface area (Å²) in [7, 11) is 0. The van der Waals surface area contributed by atoms with Gasteiger partial charge in [-0.05, 0) is 36.4 Å². The number of ether oxygens (including phenoxy) is 1. The van der Waals surface area contributed by atoms with Crippen molar-refractivity contribution in [3.63, 3.8) is 0 Å². The molecule has 4 aliphatic rings. The summed E-state index contributed by atoms with van der Waals surface area (Å²) < 4.78 is 6.26. The molecule has 4 fully saturated rings. The maximum Gasteiger partial charge on any atom is 0.303 e. The Balaban J connectivity index is 0.000000201. The fourth-order valence-corrected chi connectivity index (χ4v) is 6.28. The smallest absolute Gasteiger partial charge is 0.303 e. The van der Waals surface area contributed by atoms with E-state index in [1.807, 2.05) is 17.5 Å². The van der Waals surface area contributed by atoms with Crippen LogP contribution in [0.4, 0.5) is 5.69 Å². The van der Waals surface area contributed by atoms with Crippen LogP contribution in [0.5, 0.6) is 0 Å². The molecule has 1 aliphatic carbocycles. The third kappa shape index (κ3) is 7.30. The van der Waals surface area contributed by atoms with Gasteiger partial charge in [0.25, 0.3) is 0 Å². The van der Waals surface area contributed by atoms with Gasteiger partial charge in [-0.1, -0.05) is 43.5 Å². The average molecular weight is 505 g/mol. The molecule has 186 valence electrons. The highest BCUT2D eigenvalue weighted by Crippen LogP contribution is 2.36. The second-order valence-corrected chi connectivity index (χ2v) is 10.8. The van der Waals surface area contributed by atoms with Crippen LogP contribution in [0.15, 0.2) is 47.8 Å². The number of nitrogens with zero attached hydrogens (tertiary/aromatic N) is 1. The van der Waals surface area contributed by atoms with E-state index in [0.29, 0.717) is 12.5 Å². The lowest BCUT2D eigenvalue weighted by Crippen LogP contribution is -3.00. The number of carbonyl (C=O) groups is 2. The first-order valence-corrected chi connectivity index (χ1v) is 13.3. The number of Topliss-reactive ketones (excluding diaryl/α,β-unsaturated/α-hetero) is 1. The molecule has 1 atom stereocenters. The fraction of sp³-hybridized carbons (Fsp3) is 0.556. The molecular weight excluding hydrogens is 468 g/mol. The quantitative estimate of drug-likeness (QED) is 0.373. The van der Waals surface area contributed by atoms with Crippen molar-refractivity contribution in [1.82, 2.24) is 0 Å². The Morgan fingerprint density at radius 2 is 1.71 bits per heavy atom. The number of quaternary nitrogens is 1. The minimum Gasteiger partial charge on any atom is -1.00 e. The Bertz CT molecular complexity index is 892. The first-order valence-electron chi connectivity index (χ1n) is 12.4. The lowest BCUT2D eigenvalue weighted by molar-refractivity contribution is -0.938. The summed E-state index contributed by atoms with van der Waals surface area (Å²) in [5.74, 6) is 0.518. The zero-order valence-corrected chi connectivity index (χ0v) is 21.7. The summed E-state index contributed by atoms with van der Waals surface area (Å²) in [5.41, 5.74) is 1.27. The Morgan fingerprint density at radius 3 is 2.32 bits per heavy atom. The van der Waals surface area contributed by atoms with Crippen molar-refractivity contribution in [1.29, 1.82) is 0 Å². The Labute approximate surface area is 213 Å². The molecule has 7 heteroatoms. The van der Waals surface area contributed by atoms with Crippen molar-refractivity contribution in [2.75, 3.05) is 31.5 Å². The summed E-state index contributed by atoms with van der Waals surface area (Å²) in [6, 6.07) is 15.1. The van der Waals surface area contributed by atoms with Crippen molar-refractivity contribution in [2.45, 2.75) is 64.0 Å². The van der Waals surface area contributed by atoms with Crippen molar-refractivity contribution < 1.29 is 31.2 Å². The number of benzene rings is 1. The van der Waals surface area contributed by atoms with E-state index in [9.17, 15) is 9.59 Å². The van der Waals surface area contributed by atoms with Crippen molar-refractivity contribution in [2.24, 2.45) is 5.92 Å². The van der Waals surface area contributed by atoms with E-state index in [1.165, 1.54) is 56.1 Å². The molecular formula is C27H37ClN2O3S. The SMILES string of the molecule is CC(=O)OC1C[N+]2(CC(=O)c3cccs3)CCC1CC2.[Cl-].c1ccc(NC2CCCCC2)cc1. The minimum absolute atomic E-state index is 0. The minimum atomic E-state index is -0.202. The molecule has 2 aromatic rings. The average Bonchev–Trinajstić information content (AvgIpc) is 3.36. The van der Waals surface area contributed by atoms with Gasteiger partial charge in [0, 0.05) is 37.4 Å². The number of halogens is 1. The maximum absolute atomic E-state index is 12.4. The van der Waals surface area contributed by atoms with Gasteiger partial charge in [-0.15, -0.1) is 11.3 Å². The molecule has 0 radical (unpaired) electrons. The van der Waals surface area contributed by atoms with E-state index in [1.54, 1.807) is 0 Å². The van der Waals surface area contributed by atoms with Crippen molar-refractivity contribution in [3.8, 4) is 0 Å². The number of thiophene rings is 1. The van der Waals surface area contributed by atoms with E-state index in [4.69, 9.17) is 4.74 Å². The molecule has 2 bridgehead atoms. The second-order valence-electron chi connectivity index (χ2n) is 9.86. The predicted octanol–water partition coefficient (Wildman–Crippen LogP) is 2.54. The van der Waals surface area contributed by atoms with Crippen LogP contribution in [-0.2, 0) is 9.53 Å². The molecule has 1 N–H and O–H groups in total. The molecule has 1 saturated carbocycles. The number of esters is 1. The molecule has 5 nitrogen and oxygen atoms in total. The first kappa shape index (κ1) is 26.7. The van der Waals surface area contributed by atoms with Crippen LogP contribution in [0, 0.1) is 5.92 Å². The summed E-state index contributed by atoms with van der Waals surface area (Å²) in [6.45, 7) is 4.91. The maximum atomic E-state index is 12.4. The largest absolute Gasteiger partial charge is 1.00 e. The Kier molecular flexibility index (Phi) is 9.98. The summed E-state index contributed by atoms with van der Waals surface area (Å²) in [5, 5.41) is 5.52. The van der Waals surface area contributed by atoms with Crippen LogP contribution in [-0.4, -0.2) is 54.6 Å². The molecule has 3 aliphatic heterocycles. The number of rotatable bonds is 6. The van der Waals surface area contributed by atoms with Crippen LogP contribution in [0.1, 0.15) is 61.5 Å². The van der Waals surface area contributed by atoms with Gasteiger partial charge < -0.3 is 26.9 Å². The number of para-hydroxylation sites is 1. The van der Waals surface area contributed by atoms with Gasteiger partial charge in [0.15, 0.2) is 6.10 Å². The van der Waals surface area contributed by atoms with E-state index in [-0.39, 0.29) is 30.3 Å². The van der Waals surface area contributed by atoms with Crippen LogP contribution in [0.3, 0.4) is 0 Å². The molecule has 0 amide bonds. The number of hydrogen-bond donors (Lipinski definition) is 1. The number of piperidine rings is 3. The van der Waals surface area contributed by atoms with E-state index in [2.05, 4.69) is 35.6 Å². The summed E-state index contributed by atoms with van der Waals surface area (Å²) in [4.78, 5) is 24.4. The molecule has 1 unspecified atom stereocenters. The topological polar surface area (TPSA) is 55.4 Å². The number of ketones is 1. The fourth-order valence-electron chi connectivity index (χ4n) is 5.63. The Hall–Kier alpha value is -1.89. The number of fused-ring (bicyclic) bond motifs is 3. The molecule has 1 aromatic carbocycles. The van der Waals surface area contributed by atoms with Crippen molar-refractivity contribution >= 4 is 28.8 Å². The molecule has 0 spiro atoms.